The molecule has 6 rings (SSSR count). The number of thiophene rings is 1. The van der Waals surface area contributed by atoms with Gasteiger partial charge in [-0.1, -0.05) is 6.07 Å². The van der Waals surface area contributed by atoms with Gasteiger partial charge in [-0.15, -0.1) is 36.2 Å². The molecule has 44 heavy (non-hydrogen) atoms. The quantitative estimate of drug-likeness (QED) is 0.174. The molecule has 0 bridgehead atoms. The van der Waals surface area contributed by atoms with Crippen LogP contribution in [0.3, 0.4) is 0 Å². The molecule has 0 fully saturated rings. The van der Waals surface area contributed by atoms with Crippen molar-refractivity contribution in [1.29, 1.82) is 0 Å². The number of nitrogens with one attached hydrogen (secondary N) is 1. The largest absolute Gasteiger partial charge is 0.293 e. The molecule has 0 aliphatic rings. The maximum Gasteiger partial charge on any atom is 0.252 e. The number of nitrogens with zero attached hydrogens (tertiary/aromatic N) is 4. The predicted octanol–water partition coefficient (Wildman–Crippen LogP) is 7.04. The van der Waals surface area contributed by atoms with Crippen molar-refractivity contribution < 1.29 is 22.0 Å². The Morgan fingerprint density at radius 1 is 0.886 bits per heavy atom. The van der Waals surface area contributed by atoms with Crippen molar-refractivity contribution in [2.24, 2.45) is 0 Å². The van der Waals surface area contributed by atoms with Crippen LogP contribution in [0, 0.1) is 11.6 Å². The van der Waals surface area contributed by atoms with E-state index in [-0.39, 0.29) is 40.4 Å². The molecule has 0 aliphatic heterocycles. The van der Waals surface area contributed by atoms with E-state index >= 15 is 0 Å². The number of rotatable bonds is 8. The topological polar surface area (TPSA) is 109 Å². The van der Waals surface area contributed by atoms with Crippen LogP contribution < -0.4 is 0 Å². The van der Waals surface area contributed by atoms with E-state index in [9.17, 15) is 22.0 Å². The van der Waals surface area contributed by atoms with Crippen molar-refractivity contribution in [1.82, 2.24) is 24.5 Å². The van der Waals surface area contributed by atoms with Gasteiger partial charge < -0.3 is 0 Å². The number of fused-ring (bicyclic) bond motifs is 1. The molecule has 14 heteroatoms. The zero-order valence-electron chi connectivity index (χ0n) is 22.8. The van der Waals surface area contributed by atoms with Gasteiger partial charge in [0.25, 0.3) is 10.0 Å². The Kier molecular flexibility index (Phi) is 9.91. The Hall–Kier alpha value is -4.07. The normalized spacial score (nSPS) is 11.3. The molecule has 3 aromatic carbocycles. The van der Waals surface area contributed by atoms with Crippen LogP contribution >= 0.6 is 36.2 Å². The second-order valence-electron chi connectivity index (χ2n) is 9.43. The third-order valence-corrected chi connectivity index (χ3v) is 10.1. The summed E-state index contributed by atoms with van der Waals surface area (Å²) in [6.07, 6.45) is 3.10. The fourth-order valence-corrected chi connectivity index (χ4v) is 7.17. The summed E-state index contributed by atoms with van der Waals surface area (Å²) in [6, 6.07) is 19.8. The summed E-state index contributed by atoms with van der Waals surface area (Å²) < 4.78 is 54.4. The summed E-state index contributed by atoms with van der Waals surface area (Å²) in [5.41, 5.74) is 4.52. The number of Topliss-reactive ketones (excluding diaryl/α,β-unsaturated/α-hetero) is 1. The van der Waals surface area contributed by atoms with E-state index in [1.54, 1.807) is 24.4 Å². The summed E-state index contributed by atoms with van der Waals surface area (Å²) >= 11 is 1.03. The zero-order chi connectivity index (χ0) is 29.4. The van der Waals surface area contributed by atoms with Crippen molar-refractivity contribution in [3.63, 3.8) is 0 Å². The van der Waals surface area contributed by atoms with Crippen molar-refractivity contribution >= 4 is 62.9 Å². The number of H-pyrrole nitrogens is 1. The lowest BCUT2D eigenvalue weighted by molar-refractivity contribution is 0.0973. The number of carbonyl (C=O) groups is 1. The van der Waals surface area contributed by atoms with E-state index in [1.165, 1.54) is 43.7 Å². The van der Waals surface area contributed by atoms with Crippen molar-refractivity contribution in [3.8, 4) is 33.0 Å². The van der Waals surface area contributed by atoms with Gasteiger partial charge in [-0.3, -0.25) is 9.89 Å². The summed E-state index contributed by atoms with van der Waals surface area (Å²) in [5, 5.41) is 7.87. The van der Waals surface area contributed by atoms with Crippen molar-refractivity contribution in [3.05, 3.63) is 109 Å². The first-order valence-corrected chi connectivity index (χ1v) is 14.9. The second-order valence-corrected chi connectivity index (χ2v) is 12.8. The maximum absolute atomic E-state index is 13.5. The van der Waals surface area contributed by atoms with Crippen LogP contribution in [0.1, 0.15) is 10.4 Å². The zero-order valence-corrected chi connectivity index (χ0v) is 26.0. The van der Waals surface area contributed by atoms with Gasteiger partial charge in [0.15, 0.2) is 5.78 Å². The highest BCUT2D eigenvalue weighted by atomic mass is 35.5. The van der Waals surface area contributed by atoms with Gasteiger partial charge in [0.1, 0.15) is 22.2 Å². The first kappa shape index (κ1) is 32.8. The van der Waals surface area contributed by atoms with E-state index in [4.69, 9.17) is 0 Å². The predicted molar refractivity (Wildman–Crippen MR) is 171 cm³/mol. The van der Waals surface area contributed by atoms with E-state index < -0.39 is 28.2 Å². The van der Waals surface area contributed by atoms with Crippen LogP contribution in [-0.2, 0) is 10.0 Å². The molecular formula is C30H23Cl2F2N5O3S2. The number of aromatic amines is 1. The van der Waals surface area contributed by atoms with Crippen LogP contribution in [0.4, 0.5) is 8.78 Å². The minimum absolute atomic E-state index is 0. The lowest BCUT2D eigenvalue weighted by Crippen LogP contribution is -2.31. The Balaban J connectivity index is 0.00000221. The number of hydrogen-bond donors (Lipinski definition) is 1. The van der Waals surface area contributed by atoms with Gasteiger partial charge in [0, 0.05) is 29.1 Å². The smallest absolute Gasteiger partial charge is 0.252 e. The van der Waals surface area contributed by atoms with Crippen LogP contribution in [0.5, 0.6) is 0 Å². The van der Waals surface area contributed by atoms with Gasteiger partial charge >= 0.3 is 0 Å². The number of halogens is 4. The molecule has 0 saturated carbocycles. The molecule has 0 saturated heterocycles. The van der Waals surface area contributed by atoms with E-state index in [0.717, 1.165) is 50.2 Å². The molecule has 3 heterocycles. The molecule has 0 unspecified atom stereocenters. The van der Waals surface area contributed by atoms with Crippen molar-refractivity contribution in [2.45, 2.75) is 4.21 Å². The average molecular weight is 675 g/mol. The molecule has 226 valence electrons. The number of ketones is 1. The molecule has 0 spiro atoms. The molecule has 1 N–H and O–H groups in total. The first-order valence-electron chi connectivity index (χ1n) is 12.6. The number of carbonyl (C=O) groups excluding carboxylic acids is 1. The van der Waals surface area contributed by atoms with Crippen molar-refractivity contribution in [2.75, 3.05) is 13.6 Å². The van der Waals surface area contributed by atoms with E-state index in [2.05, 4.69) is 20.2 Å². The number of sulfonamides is 1. The van der Waals surface area contributed by atoms with Gasteiger partial charge in [-0.2, -0.15) is 9.40 Å². The Labute approximate surface area is 267 Å². The Morgan fingerprint density at radius 2 is 1.55 bits per heavy atom. The Morgan fingerprint density at radius 3 is 2.25 bits per heavy atom. The van der Waals surface area contributed by atoms with Crippen LogP contribution in [0.2, 0.25) is 0 Å². The van der Waals surface area contributed by atoms with Crippen LogP contribution in [-0.4, -0.2) is 52.3 Å². The molecule has 0 radical (unpaired) electrons. The fraction of sp³-hybridized carbons (Fsp3) is 0.0667. The summed E-state index contributed by atoms with van der Waals surface area (Å²) in [5.74, 6) is -1.28. The number of benzene rings is 3. The molecule has 0 aliphatic carbocycles. The standard InChI is InChI=1S/C30H21F2N5O3S2.2ClH/c1-37(16-26(38)18-2-7-21(31)8-3-18)42(39,40)28-13-12-27(41-28)30-23-14-20(6-11-25(23)33-17-34-30)24-15-35-36-29(24)19-4-9-22(32)10-5-19;;/h2-15,17H,16H2,1H3,(H,35,36);2*1H. The summed E-state index contributed by atoms with van der Waals surface area (Å²) in [4.78, 5) is 22.0. The Bertz CT molecular complexity index is 2050. The monoisotopic (exact) mass is 673 g/mol. The van der Waals surface area contributed by atoms with Gasteiger partial charge in [0.2, 0.25) is 0 Å². The highest BCUT2D eigenvalue weighted by molar-refractivity contribution is 7.91. The number of likely N-dealkylation sites (N-methyl/N-ethyl adjacent to an activating group) is 1. The van der Waals surface area contributed by atoms with E-state index in [0.29, 0.717) is 21.5 Å². The summed E-state index contributed by atoms with van der Waals surface area (Å²) in [7, 11) is -2.67. The number of aromatic nitrogens is 4. The van der Waals surface area contributed by atoms with Crippen LogP contribution in [0.15, 0.2) is 95.6 Å². The fourth-order valence-electron chi connectivity index (χ4n) is 4.52. The average Bonchev–Trinajstić information content (AvgIpc) is 3.68. The summed E-state index contributed by atoms with van der Waals surface area (Å²) in [6.45, 7) is -0.401. The maximum atomic E-state index is 13.5. The SMILES string of the molecule is CN(CC(=O)c1ccc(F)cc1)S(=O)(=O)c1ccc(-c2ncnc3ccc(-c4cn[nH]c4-c4ccc(F)cc4)cc23)s1.Cl.Cl. The second kappa shape index (κ2) is 13.3. The lowest BCUT2D eigenvalue weighted by atomic mass is 9.99. The third-order valence-electron chi connectivity index (χ3n) is 6.73. The first-order chi connectivity index (χ1) is 20.2. The van der Waals surface area contributed by atoms with Gasteiger partial charge in [-0.25, -0.2) is 27.2 Å². The highest BCUT2D eigenvalue weighted by Crippen LogP contribution is 2.37. The molecule has 0 amide bonds. The van der Waals surface area contributed by atoms with E-state index in [1.807, 2.05) is 18.2 Å². The molecule has 0 atom stereocenters. The van der Waals surface area contributed by atoms with Gasteiger partial charge in [-0.05, 0) is 78.4 Å². The third kappa shape index (κ3) is 6.40. The van der Waals surface area contributed by atoms with Crippen LogP contribution in [0.25, 0.3) is 43.9 Å². The minimum Gasteiger partial charge on any atom is -0.293 e. The molecular weight excluding hydrogens is 651 g/mol. The highest BCUT2D eigenvalue weighted by Gasteiger charge is 2.26. The molecule has 3 aromatic heterocycles. The number of hydrogen-bond acceptors (Lipinski definition) is 7. The molecule has 6 aromatic rings. The van der Waals surface area contributed by atoms with Gasteiger partial charge in [0.05, 0.1) is 34.5 Å². The minimum atomic E-state index is -4.00. The molecule has 8 nitrogen and oxygen atoms in total. The lowest BCUT2D eigenvalue weighted by Gasteiger charge is -2.15.